The summed E-state index contributed by atoms with van der Waals surface area (Å²) in [4.78, 5) is 9.88. The minimum Gasteiger partial charge on any atom is -0.509 e. The number of fused-ring (bicyclic) bond motifs is 7. The maximum Gasteiger partial charge on any atom is 0.135 e. The van der Waals surface area contributed by atoms with Crippen LogP contribution in [0.4, 0.5) is 22.7 Å². The smallest absolute Gasteiger partial charge is 0.135 e. The van der Waals surface area contributed by atoms with Gasteiger partial charge in [-0.15, -0.1) is 53.6 Å². The molecular weight excluding hydrogens is 1220 g/mol. The maximum absolute atomic E-state index is 7.10. The van der Waals surface area contributed by atoms with Gasteiger partial charge in [0.05, 0.1) is 5.41 Å². The van der Waals surface area contributed by atoms with Gasteiger partial charge in [0.1, 0.15) is 5.82 Å². The zero-order valence-electron chi connectivity index (χ0n) is 49.6. The summed E-state index contributed by atoms with van der Waals surface area (Å²) in [5.41, 5.74) is 20.8. The predicted octanol–water partition coefficient (Wildman–Crippen LogP) is 20.6. The monoisotopic (exact) mass is 1280 g/mol. The van der Waals surface area contributed by atoms with E-state index in [0.29, 0.717) is 11.5 Å². The van der Waals surface area contributed by atoms with E-state index in [-0.39, 0.29) is 37.3 Å². The zero-order chi connectivity index (χ0) is 57.7. The van der Waals surface area contributed by atoms with Gasteiger partial charge in [-0.25, -0.2) is 4.98 Å². The van der Waals surface area contributed by atoms with Crippen LogP contribution in [0.5, 0.6) is 11.5 Å². The summed E-state index contributed by atoms with van der Waals surface area (Å²) in [5, 5.41) is 2.17. The fourth-order valence-corrected chi connectivity index (χ4v) is 12.9. The first-order valence-corrected chi connectivity index (χ1v) is 29.3. The molecule has 85 heavy (non-hydrogen) atoms. The summed E-state index contributed by atoms with van der Waals surface area (Å²) in [6.07, 6.45) is 1.98. The summed E-state index contributed by atoms with van der Waals surface area (Å²) in [5.74, 6) is 1.98. The third-order valence-corrected chi connectivity index (χ3v) is 17.3. The molecule has 422 valence electrons. The molecule has 0 unspecified atom stereocenters. The van der Waals surface area contributed by atoms with E-state index in [1.54, 1.807) is 0 Å². The van der Waals surface area contributed by atoms with Crippen molar-refractivity contribution in [2.75, 3.05) is 9.80 Å². The predicted molar refractivity (Wildman–Crippen MR) is 349 cm³/mol. The molecule has 0 fully saturated rings. The first-order chi connectivity index (χ1) is 40.5. The van der Waals surface area contributed by atoms with Crippen molar-refractivity contribution in [1.29, 1.82) is 0 Å². The Labute approximate surface area is 515 Å². The molecule has 1 aliphatic carbocycles. The van der Waals surface area contributed by atoms with E-state index in [4.69, 9.17) is 9.72 Å². The first kappa shape index (κ1) is 55.4. The van der Waals surface area contributed by atoms with Gasteiger partial charge in [-0.05, 0) is 120 Å². The van der Waals surface area contributed by atoms with Crippen molar-refractivity contribution in [3.63, 3.8) is 0 Å². The molecule has 0 bridgehead atoms. The molecule has 3 heterocycles. The Kier molecular flexibility index (Phi) is 13.7. The second kappa shape index (κ2) is 21.1. The molecule has 5 nitrogen and oxygen atoms in total. The Morgan fingerprint density at radius 1 is 0.435 bits per heavy atom. The summed E-state index contributed by atoms with van der Waals surface area (Å²) in [6, 6.07) is 91.6. The SMILES string of the molecule is CC(C)(C)c1ccc(C2(c3ccnc(-n4c5[c-]c(Oc6[c-]c(N7[CH-]N(c8c(-c9ccccc9)cc(C(C)(C)C)cc8-c8ccccc8)c8ccccc87)cc(C(C)(C)C)c6)ccc5c5ccccc54)c3)c3ccccc3-c3ccccc32)cc1.[Pt]. The van der Waals surface area contributed by atoms with Crippen molar-refractivity contribution in [3.8, 4) is 50.7 Å². The van der Waals surface area contributed by atoms with Gasteiger partial charge in [-0.2, -0.15) is 6.07 Å². The van der Waals surface area contributed by atoms with E-state index in [0.717, 1.165) is 83.8 Å². The van der Waals surface area contributed by atoms with Crippen LogP contribution in [0.2, 0.25) is 0 Å². The number of hydrogen-bond acceptors (Lipinski definition) is 4. The second-order valence-corrected chi connectivity index (χ2v) is 25.7. The van der Waals surface area contributed by atoms with E-state index in [9.17, 15) is 0 Å². The number of hydrogen-bond donors (Lipinski definition) is 0. The summed E-state index contributed by atoms with van der Waals surface area (Å²) in [7, 11) is 0. The number of pyridine rings is 1. The van der Waals surface area contributed by atoms with E-state index < -0.39 is 5.41 Å². The van der Waals surface area contributed by atoms with Crippen LogP contribution >= 0.6 is 0 Å². The molecule has 12 aromatic rings. The van der Waals surface area contributed by atoms with Gasteiger partial charge in [0, 0.05) is 72.5 Å². The third-order valence-electron chi connectivity index (χ3n) is 17.3. The maximum atomic E-state index is 7.10. The van der Waals surface area contributed by atoms with Crippen molar-refractivity contribution in [2.24, 2.45) is 0 Å². The average molecular weight is 1280 g/mol. The molecule has 0 N–H and O–H groups in total. The molecule has 1 aliphatic heterocycles. The molecule has 10 aromatic carbocycles. The molecular formula is C79H67N4OPt-3. The van der Waals surface area contributed by atoms with E-state index in [2.05, 4.69) is 320 Å². The number of para-hydroxylation sites is 3. The zero-order valence-corrected chi connectivity index (χ0v) is 51.9. The summed E-state index contributed by atoms with van der Waals surface area (Å²) >= 11 is 0. The minimum atomic E-state index is -0.612. The Bertz CT molecular complexity index is 4400. The van der Waals surface area contributed by atoms with Gasteiger partial charge in [-0.3, -0.25) is 0 Å². The van der Waals surface area contributed by atoms with Gasteiger partial charge in [0.2, 0.25) is 0 Å². The topological polar surface area (TPSA) is 33.5 Å². The summed E-state index contributed by atoms with van der Waals surface area (Å²) < 4.78 is 9.36. The third kappa shape index (κ3) is 9.49. The number of benzene rings is 10. The molecule has 14 rings (SSSR count). The van der Waals surface area contributed by atoms with Gasteiger partial charge in [0.25, 0.3) is 0 Å². The Morgan fingerprint density at radius 2 is 0.976 bits per heavy atom. The molecule has 2 aliphatic rings. The molecule has 0 radical (unpaired) electrons. The summed E-state index contributed by atoms with van der Waals surface area (Å²) in [6.45, 7) is 22.7. The van der Waals surface area contributed by atoms with Crippen molar-refractivity contribution in [1.82, 2.24) is 9.55 Å². The van der Waals surface area contributed by atoms with Crippen molar-refractivity contribution in [3.05, 3.63) is 294 Å². The van der Waals surface area contributed by atoms with Crippen LogP contribution < -0.4 is 14.5 Å². The van der Waals surface area contributed by atoms with E-state index >= 15 is 0 Å². The molecule has 0 atom stereocenters. The Balaban J connectivity index is 0.00000672. The largest absolute Gasteiger partial charge is 0.509 e. The number of nitrogens with zero attached hydrogens (tertiary/aromatic N) is 4. The average Bonchev–Trinajstić information content (AvgIpc) is 1.74. The van der Waals surface area contributed by atoms with E-state index in [1.807, 2.05) is 12.3 Å². The van der Waals surface area contributed by atoms with Crippen molar-refractivity contribution in [2.45, 2.75) is 84.0 Å². The second-order valence-electron chi connectivity index (χ2n) is 25.7. The van der Waals surface area contributed by atoms with Crippen LogP contribution in [0.3, 0.4) is 0 Å². The molecule has 0 amide bonds. The number of anilines is 4. The van der Waals surface area contributed by atoms with E-state index in [1.165, 1.54) is 38.9 Å². The quantitative estimate of drug-likeness (QED) is 0.135. The molecule has 0 saturated heterocycles. The van der Waals surface area contributed by atoms with Crippen LogP contribution in [0.15, 0.2) is 237 Å². The molecule has 6 heteroatoms. The van der Waals surface area contributed by atoms with Crippen LogP contribution in [0.1, 0.15) is 101 Å². The van der Waals surface area contributed by atoms with Crippen LogP contribution in [0, 0.1) is 18.8 Å². The first-order valence-electron chi connectivity index (χ1n) is 29.3. The van der Waals surface area contributed by atoms with Crippen molar-refractivity contribution >= 4 is 44.6 Å². The van der Waals surface area contributed by atoms with Gasteiger partial charge < -0.3 is 19.1 Å². The Morgan fingerprint density at radius 3 is 1.59 bits per heavy atom. The van der Waals surface area contributed by atoms with Crippen molar-refractivity contribution < 1.29 is 25.8 Å². The van der Waals surface area contributed by atoms with Crippen LogP contribution in [-0.4, -0.2) is 9.55 Å². The van der Waals surface area contributed by atoms with Crippen LogP contribution in [-0.2, 0) is 42.7 Å². The fraction of sp³-hybridized carbons (Fsp3) is 0.165. The van der Waals surface area contributed by atoms with Gasteiger partial charge >= 0.3 is 0 Å². The normalized spacial score (nSPS) is 13.6. The minimum absolute atomic E-state index is 0. The number of aromatic nitrogens is 2. The molecule has 2 aromatic heterocycles. The Hall–Kier alpha value is -8.76. The van der Waals surface area contributed by atoms with Gasteiger partial charge in [-0.1, -0.05) is 232 Å². The fourth-order valence-electron chi connectivity index (χ4n) is 12.9. The number of ether oxygens (including phenoxy) is 1. The molecule has 0 spiro atoms. The van der Waals surface area contributed by atoms with Crippen LogP contribution in [0.25, 0.3) is 61.0 Å². The molecule has 0 saturated carbocycles. The number of rotatable bonds is 9. The van der Waals surface area contributed by atoms with Gasteiger partial charge in [0.15, 0.2) is 0 Å². The standard InChI is InChI=1S/C79H67N4O.Pt/c1-76(2,3)54-36-38-55(39-37-54)79(68-31-19-16-28-62(68)63-29-17-20-32-69(63)79)56-42-43-80-74(48-56)83-70-33-21-18-30-64(70)65-41-40-60(50-73(65)83)84-61-45-57(77(4,5)6)44-59(49-61)81-51-82(72-35-23-22-34-71(72)81)75-66(52-24-12-10-13-25-52)46-58(78(7,8)9)47-67(75)53-26-14-11-15-27-53;/h10-48,51H,1-9H3;/q-3;.